The number of phosphoric ester groups is 2. The standard InChI is InChI=1S/C75H140O17P2/c1-5-9-13-17-21-25-29-33-34-38-40-44-48-52-56-60-73(78)86-66-71(92-75(80)62-58-54-50-46-42-37-32-28-24-20-16-12-8-4)68-90-94(83,84)88-64-69(76)63-87-93(81,82)89-67-70(91-74(79)61-57-53-49-45-41-36-31-27-23-19-15-11-7-3)65-85-72(77)59-55-51-47-43-39-35-30-26-22-18-14-10-6-2/h21,25,28,32-34,69-71,76H,5-20,22-24,26-27,29-31,35-68H2,1-4H3,(H,81,82)(H,83,84)/b25-21-,32-28-,34-33-. The van der Waals surface area contributed by atoms with E-state index >= 15 is 0 Å². The fraction of sp³-hybridized carbons (Fsp3) is 0.867. The molecule has 0 aliphatic rings. The smallest absolute Gasteiger partial charge is 0.462 e. The van der Waals surface area contributed by atoms with Gasteiger partial charge in [-0.2, -0.15) is 0 Å². The topological polar surface area (TPSA) is 237 Å². The monoisotopic (exact) mass is 1370 g/mol. The highest BCUT2D eigenvalue weighted by Gasteiger charge is 2.30. The molecule has 0 saturated carbocycles. The summed E-state index contributed by atoms with van der Waals surface area (Å²) in [6, 6.07) is 0. The SMILES string of the molecule is CCCCC/C=C\C/C=C\CCCCCCCC(=O)OCC(COP(=O)(O)OCC(O)COP(=O)(O)OCC(COC(=O)CCCCCCCCCCCCCCC)OC(=O)CCCCCCCCCCCCCCC)OC(=O)CCCCCCC/C=C\CCCCCC. The maximum Gasteiger partial charge on any atom is 0.472 e. The molecule has 0 saturated heterocycles. The van der Waals surface area contributed by atoms with Crippen molar-refractivity contribution in [1.82, 2.24) is 0 Å². The van der Waals surface area contributed by atoms with Crippen LogP contribution in [0.3, 0.4) is 0 Å². The molecule has 0 amide bonds. The van der Waals surface area contributed by atoms with Crippen LogP contribution in [0, 0.1) is 0 Å². The number of aliphatic hydroxyl groups is 1. The lowest BCUT2D eigenvalue weighted by Crippen LogP contribution is -2.30. The predicted molar refractivity (Wildman–Crippen MR) is 381 cm³/mol. The van der Waals surface area contributed by atoms with E-state index in [1.54, 1.807) is 0 Å². The third-order valence-corrected chi connectivity index (χ3v) is 18.5. The summed E-state index contributed by atoms with van der Waals surface area (Å²) in [5.41, 5.74) is 0. The van der Waals surface area contributed by atoms with Crippen molar-refractivity contribution >= 4 is 39.5 Å². The zero-order chi connectivity index (χ0) is 69.0. The Labute approximate surface area is 573 Å². The van der Waals surface area contributed by atoms with Crippen LogP contribution in [-0.4, -0.2) is 96.7 Å². The van der Waals surface area contributed by atoms with Gasteiger partial charge >= 0.3 is 39.5 Å². The van der Waals surface area contributed by atoms with Crippen molar-refractivity contribution in [2.24, 2.45) is 0 Å². The Morgan fingerprint density at radius 2 is 0.521 bits per heavy atom. The summed E-state index contributed by atoms with van der Waals surface area (Å²) in [6.45, 7) is 4.88. The first-order valence-electron chi connectivity index (χ1n) is 38.2. The quantitative estimate of drug-likeness (QED) is 0.0169. The summed E-state index contributed by atoms with van der Waals surface area (Å²) in [4.78, 5) is 72.7. The van der Waals surface area contributed by atoms with Gasteiger partial charge in [-0.05, 0) is 83.5 Å². The molecule has 0 aromatic heterocycles. The van der Waals surface area contributed by atoms with Crippen LogP contribution in [0.1, 0.15) is 362 Å². The zero-order valence-electron chi connectivity index (χ0n) is 60.2. The molecular formula is C75H140O17P2. The van der Waals surface area contributed by atoms with Gasteiger partial charge in [0, 0.05) is 25.7 Å². The van der Waals surface area contributed by atoms with Gasteiger partial charge in [-0.25, -0.2) is 9.13 Å². The Kier molecular flexibility index (Phi) is 66.8. The predicted octanol–water partition coefficient (Wildman–Crippen LogP) is 21.6. The normalized spacial score (nSPS) is 14.2. The Hall–Kier alpha value is -2.72. The average Bonchev–Trinajstić information content (AvgIpc) is 1.67. The molecule has 0 radical (unpaired) electrons. The number of carbonyl (C=O) groups is 4. The Morgan fingerprint density at radius 1 is 0.298 bits per heavy atom. The van der Waals surface area contributed by atoms with Gasteiger partial charge in [-0.3, -0.25) is 37.3 Å². The first-order chi connectivity index (χ1) is 45.7. The van der Waals surface area contributed by atoms with Gasteiger partial charge in [-0.15, -0.1) is 0 Å². The largest absolute Gasteiger partial charge is 0.472 e. The summed E-state index contributed by atoms with van der Waals surface area (Å²) < 4.78 is 68.4. The van der Waals surface area contributed by atoms with E-state index < -0.39 is 97.5 Å². The molecule has 0 aromatic rings. The van der Waals surface area contributed by atoms with Crippen LogP contribution in [0.2, 0.25) is 0 Å². The van der Waals surface area contributed by atoms with E-state index in [0.29, 0.717) is 25.7 Å². The number of allylic oxidation sites excluding steroid dienone is 6. The fourth-order valence-corrected chi connectivity index (χ4v) is 12.3. The minimum Gasteiger partial charge on any atom is -0.462 e. The molecule has 19 heteroatoms. The van der Waals surface area contributed by atoms with Crippen molar-refractivity contribution in [3.63, 3.8) is 0 Å². The average molecular weight is 1380 g/mol. The van der Waals surface area contributed by atoms with Gasteiger partial charge in [0.25, 0.3) is 0 Å². The number of hydrogen-bond acceptors (Lipinski definition) is 15. The van der Waals surface area contributed by atoms with Gasteiger partial charge in [0.05, 0.1) is 26.4 Å². The summed E-state index contributed by atoms with van der Waals surface area (Å²) in [7, 11) is -9.92. The molecule has 0 fully saturated rings. The highest BCUT2D eigenvalue weighted by molar-refractivity contribution is 7.47. The van der Waals surface area contributed by atoms with Gasteiger partial charge in [0.2, 0.25) is 0 Å². The first-order valence-corrected chi connectivity index (χ1v) is 41.2. The minimum absolute atomic E-state index is 0.0876. The second-order valence-corrected chi connectivity index (χ2v) is 28.9. The van der Waals surface area contributed by atoms with Crippen LogP contribution >= 0.6 is 15.6 Å². The van der Waals surface area contributed by atoms with Gasteiger partial charge in [0.1, 0.15) is 19.3 Å². The Bertz CT molecular complexity index is 1930. The lowest BCUT2D eigenvalue weighted by atomic mass is 10.0. The van der Waals surface area contributed by atoms with Crippen molar-refractivity contribution in [1.29, 1.82) is 0 Å². The minimum atomic E-state index is -4.97. The van der Waals surface area contributed by atoms with Gasteiger partial charge in [-0.1, -0.05) is 289 Å². The fourth-order valence-electron chi connectivity index (χ4n) is 10.7. The molecule has 17 nitrogen and oxygen atoms in total. The van der Waals surface area contributed by atoms with E-state index in [4.69, 9.17) is 37.0 Å². The van der Waals surface area contributed by atoms with E-state index in [-0.39, 0.29) is 25.7 Å². The van der Waals surface area contributed by atoms with Gasteiger partial charge < -0.3 is 33.8 Å². The number of ether oxygens (including phenoxy) is 4. The summed E-state index contributed by atoms with van der Waals surface area (Å²) in [5, 5.41) is 10.6. The van der Waals surface area contributed by atoms with Crippen LogP contribution in [0.15, 0.2) is 36.5 Å². The highest BCUT2D eigenvalue weighted by atomic mass is 31.2. The zero-order valence-corrected chi connectivity index (χ0v) is 61.9. The second kappa shape index (κ2) is 68.8. The van der Waals surface area contributed by atoms with Crippen molar-refractivity contribution in [2.45, 2.75) is 380 Å². The van der Waals surface area contributed by atoms with Crippen LogP contribution in [-0.2, 0) is 65.4 Å². The molecule has 0 aliphatic carbocycles. The van der Waals surface area contributed by atoms with Crippen molar-refractivity contribution < 1.29 is 80.2 Å². The van der Waals surface area contributed by atoms with Crippen molar-refractivity contribution in [3.05, 3.63) is 36.5 Å². The summed E-state index contributed by atoms with van der Waals surface area (Å²) >= 11 is 0. The van der Waals surface area contributed by atoms with Crippen LogP contribution in [0.25, 0.3) is 0 Å². The highest BCUT2D eigenvalue weighted by Crippen LogP contribution is 2.45. The van der Waals surface area contributed by atoms with E-state index in [0.717, 1.165) is 128 Å². The maximum atomic E-state index is 13.1. The summed E-state index contributed by atoms with van der Waals surface area (Å²) in [5.74, 6) is -2.16. The lowest BCUT2D eigenvalue weighted by molar-refractivity contribution is -0.161. The number of unbranched alkanes of at least 4 members (excludes halogenated alkanes) is 41. The number of carbonyl (C=O) groups excluding carboxylic acids is 4. The molecule has 0 spiro atoms. The van der Waals surface area contributed by atoms with Crippen LogP contribution < -0.4 is 0 Å². The number of rotatable bonds is 73. The van der Waals surface area contributed by atoms with Gasteiger partial charge in [0.15, 0.2) is 12.2 Å². The second-order valence-electron chi connectivity index (χ2n) is 26.0. The van der Waals surface area contributed by atoms with E-state index in [9.17, 15) is 43.2 Å². The molecule has 5 atom stereocenters. The van der Waals surface area contributed by atoms with E-state index in [1.165, 1.54) is 154 Å². The third-order valence-electron chi connectivity index (χ3n) is 16.6. The first kappa shape index (κ1) is 91.3. The lowest BCUT2D eigenvalue weighted by Gasteiger charge is -2.21. The number of phosphoric acid groups is 2. The molecule has 0 aliphatic heterocycles. The Balaban J connectivity index is 5.30. The third kappa shape index (κ3) is 67.8. The van der Waals surface area contributed by atoms with Crippen molar-refractivity contribution in [2.75, 3.05) is 39.6 Å². The van der Waals surface area contributed by atoms with Crippen LogP contribution in [0.4, 0.5) is 0 Å². The molecule has 552 valence electrons. The maximum absolute atomic E-state index is 13.1. The van der Waals surface area contributed by atoms with E-state index in [1.807, 2.05) is 0 Å². The molecule has 0 aromatic carbocycles. The molecule has 0 heterocycles. The number of hydrogen-bond donors (Lipinski definition) is 3. The molecule has 5 unspecified atom stereocenters. The molecule has 0 rings (SSSR count). The molecule has 94 heavy (non-hydrogen) atoms. The van der Waals surface area contributed by atoms with Crippen molar-refractivity contribution in [3.8, 4) is 0 Å². The molecule has 0 bridgehead atoms. The van der Waals surface area contributed by atoms with Crippen LogP contribution in [0.5, 0.6) is 0 Å². The Morgan fingerprint density at radius 3 is 0.830 bits per heavy atom. The summed E-state index contributed by atoms with van der Waals surface area (Å²) in [6.07, 6.45) is 62.7. The number of aliphatic hydroxyl groups excluding tert-OH is 1. The van der Waals surface area contributed by atoms with E-state index in [2.05, 4.69) is 64.2 Å². The molecule has 3 N–H and O–H groups in total. The number of esters is 4. The molecular weight excluding hydrogens is 1230 g/mol.